The van der Waals surface area contributed by atoms with Crippen molar-refractivity contribution in [2.45, 2.75) is 39.2 Å². The van der Waals surface area contributed by atoms with Gasteiger partial charge in [-0.1, -0.05) is 44.4 Å². The molecule has 2 rings (SSSR count). The second-order valence-corrected chi connectivity index (χ2v) is 4.01. The lowest BCUT2D eigenvalue weighted by molar-refractivity contribution is 0.545. The highest BCUT2D eigenvalue weighted by molar-refractivity contribution is 5.77. The Bertz CT molecular complexity index is 384. The van der Waals surface area contributed by atoms with Gasteiger partial charge in [0.1, 0.15) is 0 Å². The van der Waals surface area contributed by atoms with Gasteiger partial charge in [0.2, 0.25) is 0 Å². The predicted molar refractivity (Wildman–Crippen MR) is 63.9 cm³/mol. The van der Waals surface area contributed by atoms with Crippen LogP contribution < -0.4 is 0 Å². The zero-order valence-electron chi connectivity index (χ0n) is 9.32. The van der Waals surface area contributed by atoms with E-state index in [2.05, 4.69) is 41.1 Å². The molecule has 0 aliphatic heterocycles. The maximum Gasteiger partial charge on any atom is 0.0923 e. The van der Waals surface area contributed by atoms with Crippen LogP contribution in [0.15, 0.2) is 30.5 Å². The molecule has 1 aromatic carbocycles. The summed E-state index contributed by atoms with van der Waals surface area (Å²) in [5, 5.41) is 5.77. The van der Waals surface area contributed by atoms with E-state index in [1.165, 1.54) is 31.1 Å². The molecule has 0 unspecified atom stereocenters. The van der Waals surface area contributed by atoms with Gasteiger partial charge >= 0.3 is 0 Å². The average molecular weight is 202 g/mol. The van der Waals surface area contributed by atoms with Crippen LogP contribution in [0, 0.1) is 0 Å². The van der Waals surface area contributed by atoms with Crippen molar-refractivity contribution >= 4 is 10.9 Å². The van der Waals surface area contributed by atoms with Crippen molar-refractivity contribution in [2.75, 3.05) is 0 Å². The van der Waals surface area contributed by atoms with Crippen LogP contribution in [0.25, 0.3) is 10.9 Å². The fourth-order valence-corrected chi connectivity index (χ4v) is 1.83. The lowest BCUT2D eigenvalue weighted by Gasteiger charge is -1.99. The van der Waals surface area contributed by atoms with Crippen molar-refractivity contribution in [1.82, 2.24) is 9.78 Å². The van der Waals surface area contributed by atoms with Crippen LogP contribution >= 0.6 is 0 Å². The Balaban J connectivity index is 1.97. The number of hydrogen-bond donors (Lipinski definition) is 0. The van der Waals surface area contributed by atoms with Crippen LogP contribution in [0.2, 0.25) is 0 Å². The first-order valence-corrected chi connectivity index (χ1v) is 5.82. The second kappa shape index (κ2) is 4.96. The largest absolute Gasteiger partial charge is 0.272 e. The number of hydrogen-bond acceptors (Lipinski definition) is 1. The third-order valence-corrected chi connectivity index (χ3v) is 2.70. The van der Waals surface area contributed by atoms with Gasteiger partial charge in [-0.15, -0.1) is 0 Å². The molecular weight excluding hydrogens is 184 g/mol. The van der Waals surface area contributed by atoms with Crippen molar-refractivity contribution < 1.29 is 0 Å². The lowest BCUT2D eigenvalue weighted by atomic mass is 10.2. The zero-order valence-corrected chi connectivity index (χ0v) is 9.32. The van der Waals surface area contributed by atoms with E-state index in [9.17, 15) is 0 Å². The quantitative estimate of drug-likeness (QED) is 0.677. The van der Waals surface area contributed by atoms with Gasteiger partial charge in [-0.2, -0.15) is 5.10 Å². The third kappa shape index (κ3) is 2.58. The minimum absolute atomic E-state index is 1.05. The molecule has 1 aromatic heterocycles. The minimum Gasteiger partial charge on any atom is -0.272 e. The van der Waals surface area contributed by atoms with Crippen LogP contribution in [0.5, 0.6) is 0 Å². The summed E-state index contributed by atoms with van der Waals surface area (Å²) in [6.07, 6.45) is 7.32. The number of nitrogens with zero attached hydrogens (tertiary/aromatic N) is 2. The summed E-state index contributed by atoms with van der Waals surface area (Å²) in [6, 6.07) is 8.28. The van der Waals surface area contributed by atoms with E-state index in [0.29, 0.717) is 0 Å². The van der Waals surface area contributed by atoms with E-state index in [1.54, 1.807) is 0 Å². The first-order valence-electron chi connectivity index (χ1n) is 5.82. The highest BCUT2D eigenvalue weighted by Crippen LogP contribution is 2.11. The molecule has 1 heterocycles. The standard InChI is InChI=1S/C13H18N2/c1-2-3-4-7-10-15-11-12-8-5-6-9-13(12)14-15/h5-6,8-9,11H,2-4,7,10H2,1H3. The molecule has 2 heteroatoms. The molecule has 0 aliphatic carbocycles. The number of unbranched alkanes of at least 4 members (excludes halogenated alkanes) is 3. The van der Waals surface area contributed by atoms with E-state index in [-0.39, 0.29) is 0 Å². The molecule has 0 radical (unpaired) electrons. The summed E-state index contributed by atoms with van der Waals surface area (Å²) in [4.78, 5) is 0. The van der Waals surface area contributed by atoms with Gasteiger partial charge in [-0.05, 0) is 12.5 Å². The lowest BCUT2D eigenvalue weighted by Crippen LogP contribution is -1.97. The van der Waals surface area contributed by atoms with Crippen LogP contribution in [-0.4, -0.2) is 9.78 Å². The SMILES string of the molecule is CCCCCCn1cc2ccccc2n1. The highest BCUT2D eigenvalue weighted by atomic mass is 15.3. The smallest absolute Gasteiger partial charge is 0.0923 e. The van der Waals surface area contributed by atoms with Gasteiger partial charge < -0.3 is 0 Å². The van der Waals surface area contributed by atoms with Gasteiger partial charge in [-0.3, -0.25) is 4.68 Å². The molecular formula is C13H18N2. The van der Waals surface area contributed by atoms with E-state index < -0.39 is 0 Å². The number of fused-ring (bicyclic) bond motifs is 1. The summed E-state index contributed by atoms with van der Waals surface area (Å²) < 4.78 is 2.07. The topological polar surface area (TPSA) is 17.8 Å². The Kier molecular flexibility index (Phi) is 3.38. The minimum atomic E-state index is 1.05. The number of aromatic nitrogens is 2. The Morgan fingerprint density at radius 3 is 2.80 bits per heavy atom. The third-order valence-electron chi connectivity index (χ3n) is 2.70. The van der Waals surface area contributed by atoms with Crippen LogP contribution in [0.4, 0.5) is 0 Å². The number of aryl methyl sites for hydroxylation is 1. The first-order chi connectivity index (χ1) is 7.40. The maximum atomic E-state index is 4.53. The van der Waals surface area contributed by atoms with Gasteiger partial charge in [0.25, 0.3) is 0 Å². The van der Waals surface area contributed by atoms with E-state index >= 15 is 0 Å². The van der Waals surface area contributed by atoms with Crippen LogP contribution in [0.3, 0.4) is 0 Å². The Labute approximate surface area is 90.9 Å². The molecule has 0 amide bonds. The molecule has 80 valence electrons. The monoisotopic (exact) mass is 202 g/mol. The normalized spacial score (nSPS) is 11.0. The Morgan fingerprint density at radius 1 is 1.13 bits per heavy atom. The summed E-state index contributed by atoms with van der Waals surface area (Å²) >= 11 is 0. The molecule has 0 spiro atoms. The molecule has 2 nitrogen and oxygen atoms in total. The van der Waals surface area contributed by atoms with Crippen LogP contribution in [-0.2, 0) is 6.54 Å². The molecule has 0 fully saturated rings. The molecule has 0 saturated carbocycles. The highest BCUT2D eigenvalue weighted by Gasteiger charge is 1.98. The van der Waals surface area contributed by atoms with Crippen molar-refractivity contribution in [3.05, 3.63) is 30.5 Å². The van der Waals surface area contributed by atoms with Crippen molar-refractivity contribution in [3.8, 4) is 0 Å². The summed E-state index contributed by atoms with van der Waals surface area (Å²) in [6.45, 7) is 3.29. The van der Waals surface area contributed by atoms with E-state index in [1.807, 2.05) is 6.07 Å². The van der Waals surface area contributed by atoms with Gasteiger partial charge in [0, 0.05) is 18.1 Å². The molecule has 0 aliphatic rings. The second-order valence-electron chi connectivity index (χ2n) is 4.01. The molecule has 0 N–H and O–H groups in total. The van der Waals surface area contributed by atoms with Gasteiger partial charge in [-0.25, -0.2) is 0 Å². The molecule has 0 saturated heterocycles. The molecule has 0 bridgehead atoms. The first kappa shape index (κ1) is 10.2. The molecule has 2 aromatic rings. The molecule has 0 atom stereocenters. The number of rotatable bonds is 5. The summed E-state index contributed by atoms with van der Waals surface area (Å²) in [7, 11) is 0. The fourth-order valence-electron chi connectivity index (χ4n) is 1.83. The zero-order chi connectivity index (χ0) is 10.5. The van der Waals surface area contributed by atoms with Crippen molar-refractivity contribution in [1.29, 1.82) is 0 Å². The Hall–Kier alpha value is -1.31. The van der Waals surface area contributed by atoms with Crippen molar-refractivity contribution in [2.24, 2.45) is 0 Å². The van der Waals surface area contributed by atoms with Crippen LogP contribution in [0.1, 0.15) is 32.6 Å². The summed E-state index contributed by atoms with van der Waals surface area (Å²) in [5.41, 5.74) is 1.10. The van der Waals surface area contributed by atoms with Crippen molar-refractivity contribution in [3.63, 3.8) is 0 Å². The average Bonchev–Trinajstić information content (AvgIpc) is 2.67. The maximum absolute atomic E-state index is 4.53. The van der Waals surface area contributed by atoms with Gasteiger partial charge in [0.05, 0.1) is 5.52 Å². The van der Waals surface area contributed by atoms with E-state index in [0.717, 1.165) is 12.1 Å². The van der Waals surface area contributed by atoms with E-state index in [4.69, 9.17) is 0 Å². The number of benzene rings is 1. The summed E-state index contributed by atoms with van der Waals surface area (Å²) in [5.74, 6) is 0. The Morgan fingerprint density at radius 2 is 2.00 bits per heavy atom. The van der Waals surface area contributed by atoms with Gasteiger partial charge in [0.15, 0.2) is 0 Å². The fraction of sp³-hybridized carbons (Fsp3) is 0.462. The molecule has 15 heavy (non-hydrogen) atoms. The predicted octanol–water partition coefficient (Wildman–Crippen LogP) is 3.62.